The Hall–Kier alpha value is -2.00. The van der Waals surface area contributed by atoms with E-state index in [2.05, 4.69) is 10.3 Å². The predicted molar refractivity (Wildman–Crippen MR) is 112 cm³/mol. The van der Waals surface area contributed by atoms with Crippen LogP contribution in [0.25, 0.3) is 0 Å². The van der Waals surface area contributed by atoms with E-state index < -0.39 is 6.10 Å². The van der Waals surface area contributed by atoms with Gasteiger partial charge in [-0.1, -0.05) is 30.3 Å². The van der Waals surface area contributed by atoms with Crippen molar-refractivity contribution in [3.63, 3.8) is 0 Å². The normalized spacial score (nSPS) is 17.3. The second-order valence-corrected chi connectivity index (χ2v) is 5.89. The van der Waals surface area contributed by atoms with Gasteiger partial charge in [-0.2, -0.15) is 0 Å². The van der Waals surface area contributed by atoms with Crippen LogP contribution in [0.3, 0.4) is 0 Å². The number of methoxy groups -OCH3 is 1. The first-order valence-corrected chi connectivity index (χ1v) is 8.27. The molecule has 1 aliphatic heterocycles. The number of aliphatic imine (C=N–C) groups is 1. The Labute approximate surface area is 170 Å². The summed E-state index contributed by atoms with van der Waals surface area (Å²) in [7, 11) is 1.59. The summed E-state index contributed by atoms with van der Waals surface area (Å²) in [5.74, 6) is 1.88. The fourth-order valence-electron chi connectivity index (χ4n) is 2.86. The first-order valence-electron chi connectivity index (χ1n) is 8.27. The van der Waals surface area contributed by atoms with E-state index in [-0.39, 0.29) is 36.6 Å². The molecule has 26 heavy (non-hydrogen) atoms. The van der Waals surface area contributed by atoms with Gasteiger partial charge in [-0.05, 0) is 23.8 Å². The zero-order valence-corrected chi connectivity index (χ0v) is 16.9. The molecule has 0 bridgehead atoms. The van der Waals surface area contributed by atoms with Gasteiger partial charge in [-0.3, -0.25) is 4.99 Å². The van der Waals surface area contributed by atoms with Crippen LogP contribution in [-0.4, -0.2) is 31.3 Å². The number of fused-ring (bicyclic) bond motifs is 1. The largest absolute Gasteiger partial charge is 0.497 e. The fraction of sp³-hybridized carbons (Fsp3) is 0.316. The molecule has 0 spiro atoms. The number of hydrogen-bond acceptors (Lipinski definition) is 4. The summed E-state index contributed by atoms with van der Waals surface area (Å²) in [4.78, 5) is 4.27. The van der Waals surface area contributed by atoms with Crippen LogP contribution in [0.5, 0.6) is 11.5 Å². The summed E-state index contributed by atoms with van der Waals surface area (Å²) in [5, 5.41) is 13.5. The number of nitrogens with one attached hydrogen (secondary N) is 1. The minimum absolute atomic E-state index is 0. The molecule has 0 aliphatic carbocycles. The number of ether oxygens (including phenoxy) is 2. The molecule has 0 amide bonds. The van der Waals surface area contributed by atoms with Crippen molar-refractivity contribution in [1.82, 2.24) is 5.32 Å². The van der Waals surface area contributed by atoms with Gasteiger partial charge in [0.05, 0.1) is 32.4 Å². The summed E-state index contributed by atoms with van der Waals surface area (Å²) >= 11 is 0. The lowest BCUT2D eigenvalue weighted by Crippen LogP contribution is -2.37. The number of guanidine groups is 1. The van der Waals surface area contributed by atoms with Crippen molar-refractivity contribution in [3.8, 4) is 11.5 Å². The molecule has 2 unspecified atom stereocenters. The van der Waals surface area contributed by atoms with Crippen LogP contribution in [-0.2, 0) is 0 Å². The predicted octanol–water partition coefficient (Wildman–Crippen LogP) is 2.77. The zero-order chi connectivity index (χ0) is 17.6. The number of halogens is 1. The maximum absolute atomic E-state index is 10.3. The Morgan fingerprint density at radius 2 is 2.15 bits per heavy atom. The van der Waals surface area contributed by atoms with E-state index in [9.17, 15) is 5.11 Å². The average molecular weight is 469 g/mol. The van der Waals surface area contributed by atoms with Crippen molar-refractivity contribution >= 4 is 29.9 Å². The molecule has 1 heterocycles. The number of nitrogens with two attached hydrogens (primary N) is 1. The SMILES string of the molecule is COc1cccc(C(O)CN=C(N)NC2CCOc3ccccc32)c1.I. The van der Waals surface area contributed by atoms with E-state index in [0.717, 1.165) is 23.3 Å². The van der Waals surface area contributed by atoms with Gasteiger partial charge < -0.3 is 25.6 Å². The molecule has 7 heteroatoms. The highest BCUT2D eigenvalue weighted by molar-refractivity contribution is 14.0. The lowest BCUT2D eigenvalue weighted by molar-refractivity contribution is 0.186. The van der Waals surface area contributed by atoms with Crippen LogP contribution in [0.15, 0.2) is 53.5 Å². The van der Waals surface area contributed by atoms with Gasteiger partial charge in [0.2, 0.25) is 0 Å². The van der Waals surface area contributed by atoms with E-state index in [1.165, 1.54) is 0 Å². The van der Waals surface area contributed by atoms with Gasteiger partial charge in [0.25, 0.3) is 0 Å². The number of aliphatic hydroxyl groups excluding tert-OH is 1. The van der Waals surface area contributed by atoms with Gasteiger partial charge in [0.15, 0.2) is 5.96 Å². The van der Waals surface area contributed by atoms with Gasteiger partial charge in [-0.15, -0.1) is 24.0 Å². The molecule has 0 saturated carbocycles. The summed E-state index contributed by atoms with van der Waals surface area (Å²) in [6.45, 7) is 0.811. The molecule has 1 aliphatic rings. The smallest absolute Gasteiger partial charge is 0.189 e. The Morgan fingerprint density at radius 1 is 1.35 bits per heavy atom. The van der Waals surface area contributed by atoms with E-state index >= 15 is 0 Å². The Kier molecular flexibility index (Phi) is 7.52. The molecule has 0 fully saturated rings. The third-order valence-corrected chi connectivity index (χ3v) is 4.19. The second kappa shape index (κ2) is 9.63. The van der Waals surface area contributed by atoms with Crippen LogP contribution in [0.4, 0.5) is 0 Å². The number of rotatable bonds is 5. The monoisotopic (exact) mass is 469 g/mol. The molecule has 140 valence electrons. The number of benzene rings is 2. The van der Waals surface area contributed by atoms with E-state index in [1.807, 2.05) is 42.5 Å². The lowest BCUT2D eigenvalue weighted by atomic mass is 10.0. The molecule has 0 radical (unpaired) electrons. The van der Waals surface area contributed by atoms with Crippen molar-refractivity contribution in [2.75, 3.05) is 20.3 Å². The maximum Gasteiger partial charge on any atom is 0.189 e. The fourth-order valence-corrected chi connectivity index (χ4v) is 2.86. The summed E-state index contributed by atoms with van der Waals surface area (Å²) in [6.07, 6.45) is 0.0727. The van der Waals surface area contributed by atoms with Crippen molar-refractivity contribution in [2.45, 2.75) is 18.6 Å². The topological polar surface area (TPSA) is 89.1 Å². The number of hydrogen-bond donors (Lipinski definition) is 3. The number of nitrogens with zero attached hydrogens (tertiary/aromatic N) is 1. The van der Waals surface area contributed by atoms with Gasteiger partial charge >= 0.3 is 0 Å². The summed E-state index contributed by atoms with van der Waals surface area (Å²) in [6, 6.07) is 15.2. The standard InChI is InChI=1S/C19H23N3O3.HI/c1-24-14-6-4-5-13(11-14)17(23)12-21-19(20)22-16-9-10-25-18-8-3-2-7-15(16)18;/h2-8,11,16-17,23H,9-10,12H2,1H3,(H3,20,21,22);1H. The summed E-state index contributed by atoms with van der Waals surface area (Å²) < 4.78 is 10.8. The lowest BCUT2D eigenvalue weighted by Gasteiger charge is -2.27. The Balaban J connectivity index is 0.00000243. The quantitative estimate of drug-likeness (QED) is 0.356. The Bertz CT molecular complexity index is 754. The van der Waals surface area contributed by atoms with E-state index in [0.29, 0.717) is 18.3 Å². The van der Waals surface area contributed by atoms with Crippen molar-refractivity contribution in [3.05, 3.63) is 59.7 Å². The average Bonchev–Trinajstić information content (AvgIpc) is 2.66. The second-order valence-electron chi connectivity index (χ2n) is 5.89. The maximum atomic E-state index is 10.3. The molecule has 3 rings (SSSR count). The molecule has 6 nitrogen and oxygen atoms in total. The number of para-hydroxylation sites is 1. The van der Waals surface area contributed by atoms with Crippen molar-refractivity contribution in [1.29, 1.82) is 0 Å². The minimum Gasteiger partial charge on any atom is -0.497 e. The van der Waals surface area contributed by atoms with Crippen LogP contribution >= 0.6 is 24.0 Å². The molecular formula is C19H24IN3O3. The van der Waals surface area contributed by atoms with Crippen LogP contribution < -0.4 is 20.5 Å². The van der Waals surface area contributed by atoms with E-state index in [4.69, 9.17) is 15.2 Å². The van der Waals surface area contributed by atoms with Crippen molar-refractivity contribution < 1.29 is 14.6 Å². The van der Waals surface area contributed by atoms with Crippen LogP contribution in [0.2, 0.25) is 0 Å². The van der Waals surface area contributed by atoms with Crippen LogP contribution in [0.1, 0.15) is 29.7 Å². The third kappa shape index (κ3) is 5.01. The van der Waals surface area contributed by atoms with Crippen LogP contribution in [0, 0.1) is 0 Å². The molecule has 0 aromatic heterocycles. The highest BCUT2D eigenvalue weighted by Crippen LogP contribution is 2.31. The molecule has 2 aromatic rings. The molecule has 4 N–H and O–H groups in total. The van der Waals surface area contributed by atoms with Gasteiger partial charge in [0.1, 0.15) is 11.5 Å². The minimum atomic E-state index is -0.738. The molecule has 0 saturated heterocycles. The molecule has 2 aromatic carbocycles. The number of aliphatic hydroxyl groups is 1. The highest BCUT2D eigenvalue weighted by Gasteiger charge is 2.21. The highest BCUT2D eigenvalue weighted by atomic mass is 127. The first-order chi connectivity index (χ1) is 12.2. The molecular weight excluding hydrogens is 445 g/mol. The Morgan fingerprint density at radius 3 is 2.96 bits per heavy atom. The molecule has 2 atom stereocenters. The zero-order valence-electron chi connectivity index (χ0n) is 14.6. The first kappa shape index (κ1) is 20.3. The van der Waals surface area contributed by atoms with Gasteiger partial charge in [0, 0.05) is 12.0 Å². The van der Waals surface area contributed by atoms with E-state index in [1.54, 1.807) is 13.2 Å². The van der Waals surface area contributed by atoms with Gasteiger partial charge in [-0.25, -0.2) is 0 Å². The summed E-state index contributed by atoms with van der Waals surface area (Å²) in [5.41, 5.74) is 7.82. The third-order valence-electron chi connectivity index (χ3n) is 4.19. The van der Waals surface area contributed by atoms with Crippen molar-refractivity contribution in [2.24, 2.45) is 10.7 Å².